The summed E-state index contributed by atoms with van der Waals surface area (Å²) in [6.45, 7) is 3.42. The molecule has 2 N–H and O–H groups in total. The average Bonchev–Trinajstić information content (AvgIpc) is 3.16. The molecule has 0 aliphatic rings. The molecule has 5 heteroatoms. The Labute approximate surface area is 146 Å². The van der Waals surface area contributed by atoms with Crippen LogP contribution in [0.4, 0.5) is 0 Å². The first-order chi connectivity index (χ1) is 12.1. The lowest BCUT2D eigenvalue weighted by molar-refractivity contribution is 0.0940. The normalized spacial score (nSPS) is 11.8. The van der Waals surface area contributed by atoms with Crippen molar-refractivity contribution in [3.63, 3.8) is 0 Å². The molecular weight excluding hydrogens is 314 g/mol. The Morgan fingerprint density at radius 1 is 1.12 bits per heavy atom. The fraction of sp³-hybridized carbons (Fsp3) is 0.150. The van der Waals surface area contributed by atoms with Crippen molar-refractivity contribution in [3.05, 3.63) is 77.6 Å². The Bertz CT molecular complexity index is 887. The van der Waals surface area contributed by atoms with Gasteiger partial charge >= 0.3 is 0 Å². The van der Waals surface area contributed by atoms with Gasteiger partial charge in [-0.25, -0.2) is 0 Å². The van der Waals surface area contributed by atoms with Crippen molar-refractivity contribution in [2.75, 3.05) is 0 Å². The maximum atomic E-state index is 12.6. The number of hydrogen-bond donors (Lipinski definition) is 2. The predicted octanol–water partition coefficient (Wildman–Crippen LogP) is 3.77. The number of nitrogens with zero attached hydrogens (tertiary/aromatic N) is 1. The molecule has 126 valence electrons. The highest BCUT2D eigenvalue weighted by Gasteiger charge is 2.16. The molecule has 1 unspecified atom stereocenters. The standard InChI is InChI=1S/C20H19N3O2/c1-13(15-6-4-3-5-7-15)23-20(25)16-8-9-18(17-11-21-22-12-17)19(10-16)14(2)24/h3-13H,1-2H3,(H,21,22)(H,23,25). The lowest BCUT2D eigenvalue weighted by atomic mass is 9.97. The highest BCUT2D eigenvalue weighted by molar-refractivity contribution is 6.04. The van der Waals surface area contributed by atoms with Gasteiger partial charge in [0, 0.05) is 22.9 Å². The van der Waals surface area contributed by atoms with E-state index in [1.54, 1.807) is 30.6 Å². The monoisotopic (exact) mass is 333 g/mol. The quantitative estimate of drug-likeness (QED) is 0.698. The van der Waals surface area contributed by atoms with Crippen LogP contribution in [0.1, 0.15) is 46.2 Å². The summed E-state index contributed by atoms with van der Waals surface area (Å²) in [6, 6.07) is 14.8. The van der Waals surface area contributed by atoms with Crippen LogP contribution in [0, 0.1) is 0 Å². The molecule has 25 heavy (non-hydrogen) atoms. The van der Waals surface area contributed by atoms with Gasteiger partial charge in [-0.3, -0.25) is 14.7 Å². The summed E-state index contributed by atoms with van der Waals surface area (Å²) >= 11 is 0. The molecule has 0 saturated carbocycles. The van der Waals surface area contributed by atoms with Gasteiger partial charge in [-0.05, 0) is 37.1 Å². The average molecular weight is 333 g/mol. The Hall–Kier alpha value is -3.21. The van der Waals surface area contributed by atoms with Crippen LogP contribution < -0.4 is 5.32 Å². The Balaban J connectivity index is 1.86. The number of benzene rings is 2. The van der Waals surface area contributed by atoms with Crippen molar-refractivity contribution in [2.24, 2.45) is 0 Å². The van der Waals surface area contributed by atoms with E-state index in [1.807, 2.05) is 37.3 Å². The van der Waals surface area contributed by atoms with Gasteiger partial charge in [0.15, 0.2) is 5.78 Å². The van der Waals surface area contributed by atoms with Crippen molar-refractivity contribution in [1.29, 1.82) is 0 Å². The fourth-order valence-electron chi connectivity index (χ4n) is 2.73. The predicted molar refractivity (Wildman–Crippen MR) is 96.4 cm³/mol. The largest absolute Gasteiger partial charge is 0.346 e. The van der Waals surface area contributed by atoms with Gasteiger partial charge in [-0.1, -0.05) is 36.4 Å². The van der Waals surface area contributed by atoms with Crippen molar-refractivity contribution >= 4 is 11.7 Å². The first kappa shape index (κ1) is 16.6. The number of Topliss-reactive ketones (excluding diaryl/α,β-unsaturated/α-hetero) is 1. The molecule has 0 aliphatic heterocycles. The molecule has 1 heterocycles. The van der Waals surface area contributed by atoms with E-state index in [1.165, 1.54) is 6.92 Å². The summed E-state index contributed by atoms with van der Waals surface area (Å²) in [5.74, 6) is -0.306. The summed E-state index contributed by atoms with van der Waals surface area (Å²) < 4.78 is 0. The first-order valence-corrected chi connectivity index (χ1v) is 8.06. The zero-order valence-corrected chi connectivity index (χ0v) is 14.1. The van der Waals surface area contributed by atoms with Crippen LogP contribution >= 0.6 is 0 Å². The SMILES string of the molecule is CC(=O)c1cc(C(=O)NC(C)c2ccccc2)ccc1-c1cn[nH]c1. The second-order valence-corrected chi connectivity index (χ2v) is 5.91. The van der Waals surface area contributed by atoms with Gasteiger partial charge in [0.05, 0.1) is 12.2 Å². The van der Waals surface area contributed by atoms with E-state index in [0.717, 1.165) is 16.7 Å². The van der Waals surface area contributed by atoms with Crippen LogP contribution in [0.15, 0.2) is 60.9 Å². The second-order valence-electron chi connectivity index (χ2n) is 5.91. The molecule has 3 rings (SSSR count). The molecule has 0 aliphatic carbocycles. The van der Waals surface area contributed by atoms with E-state index in [2.05, 4.69) is 15.5 Å². The lowest BCUT2D eigenvalue weighted by Gasteiger charge is -2.15. The van der Waals surface area contributed by atoms with Crippen molar-refractivity contribution < 1.29 is 9.59 Å². The summed E-state index contributed by atoms with van der Waals surface area (Å²) in [7, 11) is 0. The molecule has 0 fully saturated rings. The molecule has 2 aromatic carbocycles. The van der Waals surface area contributed by atoms with E-state index < -0.39 is 0 Å². The molecule has 0 saturated heterocycles. The third-order valence-electron chi connectivity index (χ3n) is 4.12. The minimum Gasteiger partial charge on any atom is -0.346 e. The number of carbonyl (C=O) groups is 2. The van der Waals surface area contributed by atoms with Gasteiger partial charge in [-0.2, -0.15) is 5.10 Å². The van der Waals surface area contributed by atoms with Crippen molar-refractivity contribution in [3.8, 4) is 11.1 Å². The van der Waals surface area contributed by atoms with E-state index >= 15 is 0 Å². The summed E-state index contributed by atoms with van der Waals surface area (Å²) in [5, 5.41) is 9.61. The molecule has 5 nitrogen and oxygen atoms in total. The maximum Gasteiger partial charge on any atom is 0.251 e. The number of hydrogen-bond acceptors (Lipinski definition) is 3. The highest BCUT2D eigenvalue weighted by atomic mass is 16.1. The van der Waals surface area contributed by atoms with Crippen molar-refractivity contribution in [2.45, 2.75) is 19.9 Å². The third-order valence-corrected chi connectivity index (χ3v) is 4.12. The number of ketones is 1. The summed E-state index contributed by atoms with van der Waals surface area (Å²) in [5.41, 5.74) is 3.56. The van der Waals surface area contributed by atoms with Gasteiger partial charge < -0.3 is 5.32 Å². The van der Waals surface area contributed by atoms with E-state index in [4.69, 9.17) is 0 Å². The highest BCUT2D eigenvalue weighted by Crippen LogP contribution is 2.25. The van der Waals surface area contributed by atoms with E-state index in [-0.39, 0.29) is 17.7 Å². The smallest absolute Gasteiger partial charge is 0.251 e. The first-order valence-electron chi connectivity index (χ1n) is 8.06. The van der Waals surface area contributed by atoms with Gasteiger partial charge in [0.2, 0.25) is 0 Å². The number of aromatic amines is 1. The van der Waals surface area contributed by atoms with Crippen LogP contribution in [-0.4, -0.2) is 21.9 Å². The number of H-pyrrole nitrogens is 1. The van der Waals surface area contributed by atoms with Crippen molar-refractivity contribution in [1.82, 2.24) is 15.5 Å². The van der Waals surface area contributed by atoms with Crippen LogP contribution in [-0.2, 0) is 0 Å². The van der Waals surface area contributed by atoms with Crippen LogP contribution in [0.3, 0.4) is 0 Å². The molecule has 3 aromatic rings. The molecular formula is C20H19N3O2. The third kappa shape index (κ3) is 3.66. The van der Waals surface area contributed by atoms with E-state index in [9.17, 15) is 9.59 Å². The Morgan fingerprint density at radius 2 is 1.88 bits per heavy atom. The zero-order valence-electron chi connectivity index (χ0n) is 14.1. The molecule has 0 radical (unpaired) electrons. The topological polar surface area (TPSA) is 74.8 Å². The number of rotatable bonds is 5. The van der Waals surface area contributed by atoms with Crippen LogP contribution in [0.25, 0.3) is 11.1 Å². The van der Waals surface area contributed by atoms with Gasteiger partial charge in [0.1, 0.15) is 0 Å². The zero-order chi connectivity index (χ0) is 17.8. The van der Waals surface area contributed by atoms with E-state index in [0.29, 0.717) is 11.1 Å². The summed E-state index contributed by atoms with van der Waals surface area (Å²) in [6.07, 6.45) is 3.37. The minimum absolute atomic E-state index is 0.0954. The minimum atomic E-state index is -0.211. The lowest BCUT2D eigenvalue weighted by Crippen LogP contribution is -2.26. The summed E-state index contributed by atoms with van der Waals surface area (Å²) in [4.78, 5) is 24.6. The molecule has 1 amide bonds. The van der Waals surface area contributed by atoms with Crippen LogP contribution in [0.2, 0.25) is 0 Å². The number of aromatic nitrogens is 2. The fourth-order valence-corrected chi connectivity index (χ4v) is 2.73. The molecule has 0 bridgehead atoms. The maximum absolute atomic E-state index is 12.6. The number of amides is 1. The number of nitrogens with one attached hydrogen (secondary N) is 2. The molecule has 1 aromatic heterocycles. The van der Waals surface area contributed by atoms with Crippen LogP contribution in [0.5, 0.6) is 0 Å². The Morgan fingerprint density at radius 3 is 2.52 bits per heavy atom. The molecule has 1 atom stereocenters. The number of carbonyl (C=O) groups excluding carboxylic acids is 2. The molecule has 0 spiro atoms. The second kappa shape index (κ2) is 7.13. The Kier molecular flexibility index (Phi) is 4.75. The van der Waals surface area contributed by atoms with Gasteiger partial charge in [0.25, 0.3) is 5.91 Å². The van der Waals surface area contributed by atoms with Gasteiger partial charge in [-0.15, -0.1) is 0 Å².